The fourth-order valence-corrected chi connectivity index (χ4v) is 3.74. The first-order valence-electron chi connectivity index (χ1n) is 9.57. The van der Waals surface area contributed by atoms with Gasteiger partial charge in [-0.2, -0.15) is 0 Å². The molecule has 1 fully saturated rings. The highest BCUT2D eigenvalue weighted by Gasteiger charge is 2.30. The van der Waals surface area contributed by atoms with Gasteiger partial charge in [0.15, 0.2) is 0 Å². The molecule has 2 N–H and O–H groups in total. The summed E-state index contributed by atoms with van der Waals surface area (Å²) in [7, 11) is 2.01. The summed E-state index contributed by atoms with van der Waals surface area (Å²) in [5.41, 5.74) is 1.91. The fraction of sp³-hybridized carbons (Fsp3) is 0.409. The summed E-state index contributed by atoms with van der Waals surface area (Å²) in [6.07, 6.45) is 3.53. The molecule has 26 heavy (non-hydrogen) atoms. The van der Waals surface area contributed by atoms with Crippen LogP contribution in [0.1, 0.15) is 30.9 Å². The molecule has 1 aliphatic rings. The number of benzene rings is 2. The van der Waals surface area contributed by atoms with E-state index in [4.69, 9.17) is 0 Å². The van der Waals surface area contributed by atoms with Crippen molar-refractivity contribution in [3.05, 3.63) is 66.2 Å². The molecule has 1 amide bonds. The number of nitrogens with zero attached hydrogens (tertiary/aromatic N) is 1. The first-order chi connectivity index (χ1) is 12.8. The van der Waals surface area contributed by atoms with E-state index < -0.39 is 0 Å². The van der Waals surface area contributed by atoms with Crippen molar-refractivity contribution in [2.45, 2.75) is 25.3 Å². The summed E-state index contributed by atoms with van der Waals surface area (Å²) < 4.78 is 0. The summed E-state index contributed by atoms with van der Waals surface area (Å²) >= 11 is 0. The molecule has 2 aromatic carbocycles. The van der Waals surface area contributed by atoms with Crippen molar-refractivity contribution in [1.29, 1.82) is 0 Å². The van der Waals surface area contributed by atoms with Crippen LogP contribution in [0.4, 0.5) is 5.69 Å². The van der Waals surface area contributed by atoms with Crippen LogP contribution >= 0.6 is 0 Å². The third kappa shape index (κ3) is 4.93. The van der Waals surface area contributed by atoms with Crippen LogP contribution in [-0.2, 0) is 4.79 Å². The van der Waals surface area contributed by atoms with E-state index in [0.29, 0.717) is 0 Å². The molecule has 1 unspecified atom stereocenters. The number of carbonyl (C=O) groups excluding carboxylic acids is 1. The Morgan fingerprint density at radius 3 is 2.27 bits per heavy atom. The normalized spacial score (nSPS) is 17.0. The van der Waals surface area contributed by atoms with Crippen LogP contribution in [0.25, 0.3) is 0 Å². The van der Waals surface area contributed by atoms with Crippen LogP contribution in [0.15, 0.2) is 60.7 Å². The van der Waals surface area contributed by atoms with Gasteiger partial charge in [0, 0.05) is 5.69 Å². The Kier molecular flexibility index (Phi) is 6.81. The summed E-state index contributed by atoms with van der Waals surface area (Å²) in [4.78, 5) is 15.4. The van der Waals surface area contributed by atoms with Gasteiger partial charge >= 0.3 is 0 Å². The monoisotopic (exact) mass is 351 g/mol. The van der Waals surface area contributed by atoms with Crippen LogP contribution in [-0.4, -0.2) is 37.5 Å². The lowest BCUT2D eigenvalue weighted by molar-refractivity contribution is -0.122. The topological polar surface area (TPSA) is 44.4 Å². The van der Waals surface area contributed by atoms with Crippen molar-refractivity contribution in [3.63, 3.8) is 0 Å². The van der Waals surface area contributed by atoms with Crippen LogP contribution in [0.2, 0.25) is 0 Å². The van der Waals surface area contributed by atoms with Gasteiger partial charge in [0.1, 0.15) is 6.04 Å². The van der Waals surface area contributed by atoms with Crippen LogP contribution in [0.5, 0.6) is 0 Å². The summed E-state index contributed by atoms with van der Waals surface area (Å²) in [5, 5.41) is 6.34. The Morgan fingerprint density at radius 1 is 1.04 bits per heavy atom. The second-order valence-electron chi connectivity index (χ2n) is 7.04. The molecule has 3 rings (SSSR count). The van der Waals surface area contributed by atoms with Gasteiger partial charge in [0.2, 0.25) is 5.91 Å². The minimum Gasteiger partial charge on any atom is -0.324 e. The molecule has 1 saturated heterocycles. The summed E-state index contributed by atoms with van der Waals surface area (Å²) in [5.74, 6) is 0.809. The van der Waals surface area contributed by atoms with Crippen molar-refractivity contribution in [3.8, 4) is 0 Å². The van der Waals surface area contributed by atoms with Gasteiger partial charge in [-0.05, 0) is 69.6 Å². The Labute approximate surface area is 156 Å². The molecule has 0 radical (unpaired) electrons. The molecule has 0 spiro atoms. The van der Waals surface area contributed by atoms with E-state index in [1.54, 1.807) is 0 Å². The fourth-order valence-electron chi connectivity index (χ4n) is 3.74. The molecule has 1 heterocycles. The molecule has 4 nitrogen and oxygen atoms in total. The van der Waals surface area contributed by atoms with E-state index in [2.05, 4.69) is 27.7 Å². The minimum absolute atomic E-state index is 0.0519. The standard InChI is InChI=1S/C22H29N3O/c1-23-15-12-18-13-16-25(17-14-18)21(19-8-4-2-5-9-19)22(26)24-20-10-6-3-7-11-20/h2-11,18,21,23H,12-17H2,1H3,(H,24,26). The lowest BCUT2D eigenvalue weighted by atomic mass is 9.91. The molecule has 138 valence electrons. The molecular weight excluding hydrogens is 322 g/mol. The molecule has 0 bridgehead atoms. The zero-order valence-corrected chi connectivity index (χ0v) is 15.5. The Hall–Kier alpha value is -2.17. The average molecular weight is 351 g/mol. The zero-order chi connectivity index (χ0) is 18.2. The predicted molar refractivity (Wildman–Crippen MR) is 107 cm³/mol. The lowest BCUT2D eigenvalue weighted by Crippen LogP contribution is -2.42. The van der Waals surface area contributed by atoms with Crippen molar-refractivity contribution < 1.29 is 4.79 Å². The van der Waals surface area contributed by atoms with Crippen molar-refractivity contribution in [2.24, 2.45) is 5.92 Å². The van der Waals surface area contributed by atoms with E-state index in [9.17, 15) is 4.79 Å². The molecule has 0 aliphatic carbocycles. The molecule has 4 heteroatoms. The molecule has 0 saturated carbocycles. The predicted octanol–water partition coefficient (Wildman–Crippen LogP) is 3.69. The van der Waals surface area contributed by atoms with E-state index in [1.165, 1.54) is 6.42 Å². The number of para-hydroxylation sites is 1. The lowest BCUT2D eigenvalue weighted by Gasteiger charge is -2.37. The smallest absolute Gasteiger partial charge is 0.246 e. The van der Waals surface area contributed by atoms with Gasteiger partial charge in [-0.1, -0.05) is 48.5 Å². The van der Waals surface area contributed by atoms with E-state index in [1.807, 2.05) is 55.6 Å². The summed E-state index contributed by atoms with van der Waals surface area (Å²) in [6, 6.07) is 19.6. The van der Waals surface area contributed by atoms with E-state index >= 15 is 0 Å². The Bertz CT molecular complexity index is 666. The highest BCUT2D eigenvalue weighted by Crippen LogP contribution is 2.29. The number of likely N-dealkylation sites (tertiary alicyclic amines) is 1. The third-order valence-electron chi connectivity index (χ3n) is 5.22. The number of nitrogens with one attached hydrogen (secondary N) is 2. The van der Waals surface area contributed by atoms with Gasteiger partial charge in [0.25, 0.3) is 0 Å². The van der Waals surface area contributed by atoms with Crippen molar-refractivity contribution in [1.82, 2.24) is 10.2 Å². The highest BCUT2D eigenvalue weighted by molar-refractivity contribution is 5.95. The molecule has 0 aromatic heterocycles. The van der Waals surface area contributed by atoms with Gasteiger partial charge in [-0.25, -0.2) is 0 Å². The number of hydrogen-bond acceptors (Lipinski definition) is 3. The average Bonchev–Trinajstić information content (AvgIpc) is 2.69. The van der Waals surface area contributed by atoms with E-state index in [-0.39, 0.29) is 11.9 Å². The third-order valence-corrected chi connectivity index (χ3v) is 5.22. The molecule has 2 aromatic rings. The SMILES string of the molecule is CNCCC1CCN(C(C(=O)Nc2ccccc2)c2ccccc2)CC1. The molecule has 1 aliphatic heterocycles. The largest absolute Gasteiger partial charge is 0.324 e. The maximum atomic E-state index is 13.1. The maximum Gasteiger partial charge on any atom is 0.246 e. The quantitative estimate of drug-likeness (QED) is 0.800. The number of carbonyl (C=O) groups is 1. The van der Waals surface area contributed by atoms with Crippen LogP contribution in [0, 0.1) is 5.92 Å². The minimum atomic E-state index is -0.235. The van der Waals surface area contributed by atoms with Crippen molar-refractivity contribution in [2.75, 3.05) is 32.0 Å². The number of hydrogen-bond donors (Lipinski definition) is 2. The maximum absolute atomic E-state index is 13.1. The van der Waals surface area contributed by atoms with Crippen molar-refractivity contribution >= 4 is 11.6 Å². The second-order valence-corrected chi connectivity index (χ2v) is 7.04. The second kappa shape index (κ2) is 9.51. The number of rotatable bonds is 7. The van der Waals surface area contributed by atoms with E-state index in [0.717, 1.165) is 49.6 Å². The van der Waals surface area contributed by atoms with Crippen LogP contribution in [0.3, 0.4) is 0 Å². The first kappa shape index (κ1) is 18.6. The van der Waals surface area contributed by atoms with Gasteiger partial charge in [-0.15, -0.1) is 0 Å². The summed E-state index contributed by atoms with van der Waals surface area (Å²) in [6.45, 7) is 3.01. The van der Waals surface area contributed by atoms with Crippen LogP contribution < -0.4 is 10.6 Å². The van der Waals surface area contributed by atoms with Gasteiger partial charge in [0.05, 0.1) is 0 Å². The zero-order valence-electron chi connectivity index (χ0n) is 15.5. The van der Waals surface area contributed by atoms with Gasteiger partial charge in [-0.3, -0.25) is 9.69 Å². The highest BCUT2D eigenvalue weighted by atomic mass is 16.2. The Balaban J connectivity index is 1.71. The number of amides is 1. The number of anilines is 1. The molecule has 1 atom stereocenters. The molecular formula is C22H29N3O. The van der Waals surface area contributed by atoms with Gasteiger partial charge < -0.3 is 10.6 Å². The number of piperidine rings is 1. The Morgan fingerprint density at radius 2 is 1.65 bits per heavy atom. The first-order valence-corrected chi connectivity index (χ1v) is 9.57.